The van der Waals surface area contributed by atoms with Gasteiger partial charge in [-0.15, -0.1) is 0 Å². The number of sulfonamides is 1. The highest BCUT2D eigenvalue weighted by molar-refractivity contribution is 7.92. The van der Waals surface area contributed by atoms with E-state index in [1.807, 2.05) is 6.07 Å². The van der Waals surface area contributed by atoms with Gasteiger partial charge in [0.2, 0.25) is 0 Å². The average molecular weight is 505 g/mol. The summed E-state index contributed by atoms with van der Waals surface area (Å²) >= 11 is 0. The Morgan fingerprint density at radius 1 is 1.03 bits per heavy atom. The van der Waals surface area contributed by atoms with E-state index in [-0.39, 0.29) is 28.0 Å². The molecule has 186 valence electrons. The Hall–Kier alpha value is -3.57. The van der Waals surface area contributed by atoms with Crippen LogP contribution in [0.15, 0.2) is 62.6 Å². The number of hydrogen-bond donors (Lipinski definition) is 2. The van der Waals surface area contributed by atoms with E-state index in [1.54, 1.807) is 18.2 Å². The number of hydrogen-bond acceptors (Lipinski definition) is 5. The number of aromatic hydroxyl groups is 1. The summed E-state index contributed by atoms with van der Waals surface area (Å²) in [7, 11) is -3.87. The maximum Gasteiger partial charge on any atom is 0.343 e. The Kier molecular flexibility index (Phi) is 6.59. The lowest BCUT2D eigenvalue weighted by Crippen LogP contribution is -2.19. The molecule has 8 heteroatoms. The van der Waals surface area contributed by atoms with Crippen LogP contribution in [-0.2, 0) is 22.9 Å². The van der Waals surface area contributed by atoms with Crippen LogP contribution in [0.25, 0.3) is 4.85 Å². The summed E-state index contributed by atoms with van der Waals surface area (Å²) in [6, 6.07) is 12.7. The molecular formula is C28H28N2O5S. The highest BCUT2D eigenvalue weighted by Gasteiger charge is 2.38. The first-order valence-corrected chi connectivity index (χ1v) is 13.8. The third kappa shape index (κ3) is 4.89. The molecule has 1 atom stereocenters. The number of nitrogens with zero attached hydrogens (tertiary/aromatic N) is 1. The Bertz CT molecular complexity index is 1480. The molecule has 0 spiro atoms. The van der Waals surface area contributed by atoms with E-state index in [9.17, 15) is 18.3 Å². The molecule has 3 aromatic rings. The van der Waals surface area contributed by atoms with E-state index >= 15 is 0 Å². The number of nitrogens with one attached hydrogen (secondary N) is 1. The van der Waals surface area contributed by atoms with Crippen LogP contribution >= 0.6 is 0 Å². The van der Waals surface area contributed by atoms with Gasteiger partial charge in [0, 0.05) is 23.6 Å². The molecule has 0 bridgehead atoms. The SMILES string of the molecule is [C-]#[N+]c1ccc(S(=O)(=O)Nc2cccc(C(c3c(O)c4c(oc3=O)CCCCCC4)C3CC3)c2)cc1. The van der Waals surface area contributed by atoms with Crippen LogP contribution in [0.2, 0.25) is 0 Å². The van der Waals surface area contributed by atoms with E-state index in [2.05, 4.69) is 9.57 Å². The molecule has 0 saturated heterocycles. The van der Waals surface area contributed by atoms with Crippen molar-refractivity contribution in [2.24, 2.45) is 5.92 Å². The lowest BCUT2D eigenvalue weighted by Gasteiger charge is -2.22. The quantitative estimate of drug-likeness (QED) is 0.407. The summed E-state index contributed by atoms with van der Waals surface area (Å²) in [6.07, 6.45) is 7.22. The van der Waals surface area contributed by atoms with Crippen LogP contribution in [0.1, 0.15) is 66.9 Å². The third-order valence-corrected chi connectivity index (χ3v) is 8.47. The predicted molar refractivity (Wildman–Crippen MR) is 137 cm³/mol. The molecular weight excluding hydrogens is 476 g/mol. The molecule has 7 nitrogen and oxygen atoms in total. The van der Waals surface area contributed by atoms with Crippen molar-refractivity contribution in [3.63, 3.8) is 0 Å². The van der Waals surface area contributed by atoms with Gasteiger partial charge in [-0.05, 0) is 55.7 Å². The van der Waals surface area contributed by atoms with Crippen LogP contribution in [0.3, 0.4) is 0 Å². The van der Waals surface area contributed by atoms with Gasteiger partial charge in [-0.2, -0.15) is 0 Å². The monoisotopic (exact) mass is 504 g/mol. The fraction of sp³-hybridized carbons (Fsp3) is 0.357. The molecule has 1 unspecified atom stereocenters. The molecule has 1 aromatic heterocycles. The number of rotatable bonds is 6. The topological polar surface area (TPSA) is 101 Å². The average Bonchev–Trinajstić information content (AvgIpc) is 3.68. The molecule has 2 aliphatic carbocycles. The lowest BCUT2D eigenvalue weighted by atomic mass is 9.85. The molecule has 0 amide bonds. The van der Waals surface area contributed by atoms with Crippen LogP contribution < -0.4 is 10.3 Å². The molecule has 1 fully saturated rings. The summed E-state index contributed by atoms with van der Waals surface area (Å²) in [5, 5.41) is 11.3. The normalized spacial score (nSPS) is 16.8. The second-order valence-corrected chi connectivity index (χ2v) is 11.3. The van der Waals surface area contributed by atoms with Crippen LogP contribution in [0.5, 0.6) is 5.75 Å². The van der Waals surface area contributed by atoms with Gasteiger partial charge in [0.05, 0.1) is 17.0 Å². The van der Waals surface area contributed by atoms with Crippen molar-refractivity contribution in [3.05, 3.63) is 92.8 Å². The van der Waals surface area contributed by atoms with Crippen molar-refractivity contribution in [2.75, 3.05) is 4.72 Å². The fourth-order valence-corrected chi connectivity index (χ4v) is 6.16. The minimum Gasteiger partial charge on any atom is -0.507 e. The molecule has 0 radical (unpaired) electrons. The Labute approximate surface area is 210 Å². The summed E-state index contributed by atoms with van der Waals surface area (Å²) in [6.45, 7) is 7.04. The lowest BCUT2D eigenvalue weighted by molar-refractivity contribution is 0.382. The first-order chi connectivity index (χ1) is 17.4. The van der Waals surface area contributed by atoms with Crippen molar-refractivity contribution in [1.82, 2.24) is 0 Å². The van der Waals surface area contributed by atoms with Gasteiger partial charge in [0.1, 0.15) is 11.5 Å². The number of fused-ring (bicyclic) bond motifs is 1. The summed E-state index contributed by atoms with van der Waals surface area (Å²) in [4.78, 5) is 16.5. The minimum absolute atomic E-state index is 0.0472. The minimum atomic E-state index is -3.87. The standard InChI is InChI=1S/C28H28N2O5S/c1-29-20-13-15-22(16-14-20)36(33,34)30-21-8-6-7-19(17-21)25(18-11-12-18)26-27(31)23-9-4-2-3-5-10-24(23)35-28(26)32/h6-8,13-18,25,30-31H,2-5,9-12H2. The second kappa shape index (κ2) is 9.82. The summed E-state index contributed by atoms with van der Waals surface area (Å²) in [5.74, 6) is 0.449. The zero-order valence-electron chi connectivity index (χ0n) is 19.9. The van der Waals surface area contributed by atoms with Crippen molar-refractivity contribution >= 4 is 21.4 Å². The highest BCUT2D eigenvalue weighted by Crippen LogP contribution is 2.49. The highest BCUT2D eigenvalue weighted by atomic mass is 32.2. The van der Waals surface area contributed by atoms with E-state index < -0.39 is 15.6 Å². The van der Waals surface area contributed by atoms with Gasteiger partial charge in [-0.25, -0.2) is 18.1 Å². The Morgan fingerprint density at radius 3 is 2.44 bits per heavy atom. The molecule has 5 rings (SSSR count). The van der Waals surface area contributed by atoms with Gasteiger partial charge in [-0.3, -0.25) is 4.72 Å². The first-order valence-electron chi connectivity index (χ1n) is 12.4. The summed E-state index contributed by atoms with van der Waals surface area (Å²) < 4.78 is 34.2. The Morgan fingerprint density at radius 2 is 1.75 bits per heavy atom. The van der Waals surface area contributed by atoms with Gasteiger partial charge in [-0.1, -0.05) is 49.2 Å². The van der Waals surface area contributed by atoms with Crippen LogP contribution in [0, 0.1) is 12.5 Å². The number of aryl methyl sites for hydroxylation is 1. The molecule has 2 N–H and O–H groups in total. The fourth-order valence-electron chi connectivity index (χ4n) is 5.11. The van der Waals surface area contributed by atoms with Crippen molar-refractivity contribution < 1.29 is 17.9 Å². The van der Waals surface area contributed by atoms with Crippen LogP contribution in [-0.4, -0.2) is 13.5 Å². The molecule has 1 heterocycles. The van der Waals surface area contributed by atoms with Gasteiger partial charge in [0.15, 0.2) is 5.69 Å². The summed E-state index contributed by atoms with van der Waals surface area (Å²) in [5.41, 5.74) is 2.01. The van der Waals surface area contributed by atoms with Crippen molar-refractivity contribution in [2.45, 2.75) is 62.2 Å². The van der Waals surface area contributed by atoms with E-state index in [0.717, 1.165) is 49.7 Å². The van der Waals surface area contributed by atoms with E-state index in [4.69, 9.17) is 11.0 Å². The largest absolute Gasteiger partial charge is 0.507 e. The van der Waals surface area contributed by atoms with Gasteiger partial charge < -0.3 is 9.52 Å². The maximum absolute atomic E-state index is 13.1. The molecule has 2 aliphatic rings. The van der Waals surface area contributed by atoms with Gasteiger partial charge in [0.25, 0.3) is 10.0 Å². The Balaban J connectivity index is 1.50. The van der Waals surface area contributed by atoms with E-state index in [1.165, 1.54) is 24.3 Å². The van der Waals surface area contributed by atoms with Crippen molar-refractivity contribution in [1.29, 1.82) is 0 Å². The number of benzene rings is 2. The first kappa shape index (κ1) is 24.1. The zero-order chi connectivity index (χ0) is 25.3. The smallest absolute Gasteiger partial charge is 0.343 e. The van der Waals surface area contributed by atoms with Crippen LogP contribution in [0.4, 0.5) is 11.4 Å². The zero-order valence-corrected chi connectivity index (χ0v) is 20.7. The second-order valence-electron chi connectivity index (χ2n) is 9.62. The van der Waals surface area contributed by atoms with Gasteiger partial charge >= 0.3 is 5.63 Å². The van der Waals surface area contributed by atoms with Crippen molar-refractivity contribution in [3.8, 4) is 5.75 Å². The predicted octanol–water partition coefficient (Wildman–Crippen LogP) is 5.90. The molecule has 36 heavy (non-hydrogen) atoms. The molecule has 1 saturated carbocycles. The molecule has 0 aliphatic heterocycles. The molecule has 2 aromatic carbocycles. The number of anilines is 1. The third-order valence-electron chi connectivity index (χ3n) is 7.07. The van der Waals surface area contributed by atoms with E-state index in [0.29, 0.717) is 30.0 Å². The maximum atomic E-state index is 13.1.